The van der Waals surface area contributed by atoms with Crippen LogP contribution in [0.4, 0.5) is 5.69 Å². The Kier molecular flexibility index (Phi) is 3.73. The third-order valence-electron chi connectivity index (χ3n) is 3.60. The van der Waals surface area contributed by atoms with Crippen molar-refractivity contribution in [2.24, 2.45) is 0 Å². The van der Waals surface area contributed by atoms with Crippen LogP contribution in [0.15, 0.2) is 54.7 Å². The molecule has 1 heterocycles. The van der Waals surface area contributed by atoms with Crippen LogP contribution in [0.25, 0.3) is 10.9 Å². The molecule has 0 bridgehead atoms. The number of para-hydroxylation sites is 1. The van der Waals surface area contributed by atoms with E-state index in [1.165, 1.54) is 5.56 Å². The first-order chi connectivity index (χ1) is 10.3. The lowest BCUT2D eigenvalue weighted by atomic mass is 10.1. The Morgan fingerprint density at radius 3 is 2.86 bits per heavy atom. The molecule has 21 heavy (non-hydrogen) atoms. The molecule has 0 saturated heterocycles. The molecular formula is C18H18N2O. The fourth-order valence-electron chi connectivity index (χ4n) is 2.52. The fourth-order valence-corrected chi connectivity index (χ4v) is 2.52. The maximum absolute atomic E-state index is 12.4. The Morgan fingerprint density at radius 2 is 2.00 bits per heavy atom. The van der Waals surface area contributed by atoms with Crippen LogP contribution in [0.2, 0.25) is 0 Å². The van der Waals surface area contributed by atoms with Crippen molar-refractivity contribution >= 4 is 22.5 Å². The van der Waals surface area contributed by atoms with Crippen molar-refractivity contribution in [1.29, 1.82) is 0 Å². The van der Waals surface area contributed by atoms with Crippen molar-refractivity contribution in [2.75, 3.05) is 5.32 Å². The molecule has 0 aliphatic heterocycles. The largest absolute Gasteiger partial charge is 0.361 e. The number of H-pyrrole nitrogens is 1. The van der Waals surface area contributed by atoms with E-state index in [0.29, 0.717) is 5.56 Å². The Labute approximate surface area is 124 Å². The highest BCUT2D eigenvalue weighted by Crippen LogP contribution is 2.19. The normalized spacial score (nSPS) is 10.7. The number of aromatic nitrogens is 1. The molecule has 2 aromatic carbocycles. The molecule has 0 radical (unpaired) electrons. The molecule has 2 N–H and O–H groups in total. The van der Waals surface area contributed by atoms with Crippen LogP contribution in [0.1, 0.15) is 29.3 Å². The van der Waals surface area contributed by atoms with Crippen LogP contribution >= 0.6 is 0 Å². The first kappa shape index (κ1) is 13.4. The zero-order valence-corrected chi connectivity index (χ0v) is 12.0. The van der Waals surface area contributed by atoms with Gasteiger partial charge in [-0.3, -0.25) is 4.79 Å². The van der Waals surface area contributed by atoms with Gasteiger partial charge in [-0.05, 0) is 42.3 Å². The molecule has 0 atom stereocenters. The summed E-state index contributed by atoms with van der Waals surface area (Å²) >= 11 is 0. The van der Waals surface area contributed by atoms with Gasteiger partial charge in [-0.15, -0.1) is 0 Å². The van der Waals surface area contributed by atoms with Gasteiger partial charge in [-0.25, -0.2) is 0 Å². The minimum Gasteiger partial charge on any atom is -0.361 e. The zero-order valence-electron chi connectivity index (χ0n) is 12.0. The predicted octanol–water partition coefficient (Wildman–Crippen LogP) is 4.37. The summed E-state index contributed by atoms with van der Waals surface area (Å²) < 4.78 is 0. The molecule has 0 saturated carbocycles. The Balaban J connectivity index is 1.85. The van der Waals surface area contributed by atoms with E-state index in [2.05, 4.69) is 23.3 Å². The second kappa shape index (κ2) is 5.83. The lowest BCUT2D eigenvalue weighted by molar-refractivity contribution is 0.102. The number of hydrogen-bond donors (Lipinski definition) is 2. The summed E-state index contributed by atoms with van der Waals surface area (Å²) in [5, 5.41) is 4.07. The van der Waals surface area contributed by atoms with Crippen molar-refractivity contribution in [1.82, 2.24) is 4.98 Å². The Hall–Kier alpha value is -2.55. The van der Waals surface area contributed by atoms with Gasteiger partial charge in [-0.2, -0.15) is 0 Å². The summed E-state index contributed by atoms with van der Waals surface area (Å²) in [6, 6.07) is 15.6. The van der Waals surface area contributed by atoms with Gasteiger partial charge in [0.1, 0.15) is 0 Å². The molecule has 0 fully saturated rings. The van der Waals surface area contributed by atoms with Crippen LogP contribution in [0.5, 0.6) is 0 Å². The van der Waals surface area contributed by atoms with E-state index < -0.39 is 0 Å². The van der Waals surface area contributed by atoms with Crippen LogP contribution in [-0.4, -0.2) is 10.9 Å². The molecule has 106 valence electrons. The number of anilines is 1. The lowest BCUT2D eigenvalue weighted by Gasteiger charge is -2.10. The Morgan fingerprint density at radius 1 is 1.14 bits per heavy atom. The van der Waals surface area contributed by atoms with Crippen molar-refractivity contribution in [3.8, 4) is 0 Å². The Bertz CT molecular complexity index is 773. The lowest BCUT2D eigenvalue weighted by Crippen LogP contribution is -2.13. The highest BCUT2D eigenvalue weighted by molar-refractivity contribution is 6.06. The monoisotopic (exact) mass is 278 g/mol. The number of carbonyl (C=O) groups is 1. The number of aryl methyl sites for hydroxylation is 1. The van der Waals surface area contributed by atoms with Gasteiger partial charge in [0.2, 0.25) is 0 Å². The maximum atomic E-state index is 12.4. The smallest absolute Gasteiger partial charge is 0.255 e. The van der Waals surface area contributed by atoms with Crippen LogP contribution in [-0.2, 0) is 6.42 Å². The van der Waals surface area contributed by atoms with Crippen molar-refractivity contribution in [2.45, 2.75) is 19.8 Å². The molecule has 0 aliphatic carbocycles. The minimum atomic E-state index is -0.0679. The summed E-state index contributed by atoms with van der Waals surface area (Å²) in [5.41, 5.74) is 3.79. The SMILES string of the molecule is CCCc1ccccc1NC(=O)c1ccc2[nH]ccc2c1. The average molecular weight is 278 g/mol. The number of nitrogens with one attached hydrogen (secondary N) is 2. The van der Waals surface area contributed by atoms with E-state index >= 15 is 0 Å². The number of fused-ring (bicyclic) bond motifs is 1. The molecule has 0 aliphatic rings. The van der Waals surface area contributed by atoms with Crippen LogP contribution in [0, 0.1) is 0 Å². The summed E-state index contributed by atoms with van der Waals surface area (Å²) in [4.78, 5) is 15.5. The highest BCUT2D eigenvalue weighted by atomic mass is 16.1. The van der Waals surface area contributed by atoms with Crippen molar-refractivity contribution in [3.63, 3.8) is 0 Å². The van der Waals surface area contributed by atoms with E-state index in [1.807, 2.05) is 48.7 Å². The first-order valence-electron chi connectivity index (χ1n) is 7.24. The molecule has 1 amide bonds. The topological polar surface area (TPSA) is 44.9 Å². The molecular weight excluding hydrogens is 260 g/mol. The first-order valence-corrected chi connectivity index (χ1v) is 7.24. The van der Waals surface area contributed by atoms with E-state index in [4.69, 9.17) is 0 Å². The van der Waals surface area contributed by atoms with Gasteiger partial charge in [0.05, 0.1) is 0 Å². The van der Waals surface area contributed by atoms with Crippen LogP contribution in [0.3, 0.4) is 0 Å². The third-order valence-corrected chi connectivity index (χ3v) is 3.60. The van der Waals surface area contributed by atoms with Gasteiger partial charge in [0.25, 0.3) is 5.91 Å². The van der Waals surface area contributed by atoms with E-state index in [1.54, 1.807) is 0 Å². The average Bonchev–Trinajstić information content (AvgIpc) is 2.97. The van der Waals surface area contributed by atoms with Gasteiger partial charge >= 0.3 is 0 Å². The predicted molar refractivity (Wildman–Crippen MR) is 86.7 cm³/mol. The van der Waals surface area contributed by atoms with Crippen molar-refractivity contribution in [3.05, 3.63) is 65.9 Å². The summed E-state index contributed by atoms with van der Waals surface area (Å²) in [7, 11) is 0. The second-order valence-electron chi connectivity index (χ2n) is 5.14. The maximum Gasteiger partial charge on any atom is 0.255 e. The standard InChI is InChI=1S/C18H18N2O/c1-2-5-13-6-3-4-7-17(13)20-18(21)15-8-9-16-14(12-15)10-11-19-16/h3-4,6-12,19H,2,5H2,1H3,(H,20,21). The number of amides is 1. The molecule has 0 unspecified atom stereocenters. The van der Waals surface area contributed by atoms with Gasteiger partial charge in [-0.1, -0.05) is 31.5 Å². The number of rotatable bonds is 4. The number of hydrogen-bond acceptors (Lipinski definition) is 1. The van der Waals surface area contributed by atoms with E-state index in [9.17, 15) is 4.79 Å². The number of carbonyl (C=O) groups excluding carboxylic acids is 1. The summed E-state index contributed by atoms with van der Waals surface area (Å²) in [6.45, 7) is 2.14. The molecule has 1 aromatic heterocycles. The minimum absolute atomic E-state index is 0.0679. The van der Waals surface area contributed by atoms with Crippen LogP contribution < -0.4 is 5.32 Å². The van der Waals surface area contributed by atoms with Gasteiger partial charge < -0.3 is 10.3 Å². The fraction of sp³-hybridized carbons (Fsp3) is 0.167. The zero-order chi connectivity index (χ0) is 14.7. The second-order valence-corrected chi connectivity index (χ2v) is 5.14. The third kappa shape index (κ3) is 2.82. The van der Waals surface area contributed by atoms with Gasteiger partial charge in [0.15, 0.2) is 0 Å². The highest BCUT2D eigenvalue weighted by Gasteiger charge is 2.09. The molecule has 3 nitrogen and oxygen atoms in total. The number of benzene rings is 2. The van der Waals surface area contributed by atoms with Gasteiger partial charge in [0, 0.05) is 28.4 Å². The molecule has 0 spiro atoms. The van der Waals surface area contributed by atoms with E-state index in [0.717, 1.165) is 29.4 Å². The molecule has 3 rings (SSSR count). The quantitative estimate of drug-likeness (QED) is 0.731. The van der Waals surface area contributed by atoms with Crippen molar-refractivity contribution < 1.29 is 4.79 Å². The summed E-state index contributed by atoms with van der Waals surface area (Å²) in [6.07, 6.45) is 3.90. The number of aromatic amines is 1. The molecule has 3 heteroatoms. The molecule has 3 aromatic rings. The summed E-state index contributed by atoms with van der Waals surface area (Å²) in [5.74, 6) is -0.0679. The van der Waals surface area contributed by atoms with E-state index in [-0.39, 0.29) is 5.91 Å².